The van der Waals surface area contributed by atoms with E-state index in [1.165, 1.54) is 4.90 Å². The van der Waals surface area contributed by atoms with E-state index in [2.05, 4.69) is 29.1 Å². The first-order chi connectivity index (χ1) is 14.1. The van der Waals surface area contributed by atoms with Gasteiger partial charge in [-0.05, 0) is 37.7 Å². The van der Waals surface area contributed by atoms with Gasteiger partial charge < -0.3 is 4.90 Å². The highest BCUT2D eigenvalue weighted by Crippen LogP contribution is 2.37. The molecule has 0 saturated carbocycles. The molecule has 0 aliphatic carbocycles. The molecule has 1 aliphatic rings. The molecule has 29 heavy (non-hydrogen) atoms. The van der Waals surface area contributed by atoms with Gasteiger partial charge >= 0.3 is 0 Å². The number of hydrogen-bond donors (Lipinski definition) is 0. The number of hydrogen-bond acceptors (Lipinski definition) is 4. The quantitative estimate of drug-likeness (QED) is 0.636. The highest BCUT2D eigenvalue weighted by atomic mass is 32.2. The maximum Gasteiger partial charge on any atom is 0.241 e. The lowest BCUT2D eigenvalue weighted by atomic mass is 10.2. The zero-order chi connectivity index (χ0) is 20.2. The Morgan fingerprint density at radius 1 is 1.17 bits per heavy atom. The Morgan fingerprint density at radius 3 is 2.76 bits per heavy atom. The first kappa shape index (κ1) is 19.7. The molecule has 0 fully saturated rings. The van der Waals surface area contributed by atoms with Crippen molar-refractivity contribution in [3.8, 4) is 5.69 Å². The van der Waals surface area contributed by atoms with Crippen LogP contribution in [0.1, 0.15) is 18.9 Å². The molecule has 1 atom stereocenters. The summed E-state index contributed by atoms with van der Waals surface area (Å²) in [5.41, 5.74) is 3.16. The molecule has 2 heterocycles. The van der Waals surface area contributed by atoms with Crippen molar-refractivity contribution < 1.29 is 4.79 Å². The summed E-state index contributed by atoms with van der Waals surface area (Å²) in [6.07, 6.45) is 4.89. The first-order valence-electron chi connectivity index (χ1n) is 9.94. The van der Waals surface area contributed by atoms with Gasteiger partial charge in [0.2, 0.25) is 5.91 Å². The van der Waals surface area contributed by atoms with Gasteiger partial charge in [0, 0.05) is 35.0 Å². The third kappa shape index (κ3) is 4.71. The Hall–Kier alpha value is -2.57. The number of carbonyl (C=O) groups excluding carboxylic acids is 1. The Balaban J connectivity index is 1.42. The standard InChI is InChI=1S/C23H26N4OS/c1-18-12-13-26(21-10-6-7-11-22(21)29-18)23(28)17-25(2)15-19-14-24-27(16-19)20-8-4-3-5-9-20/h3-11,14,16,18H,12-13,15,17H2,1-2H3. The number of rotatable bonds is 5. The van der Waals surface area contributed by atoms with Gasteiger partial charge in [-0.3, -0.25) is 9.69 Å². The van der Waals surface area contributed by atoms with Gasteiger partial charge in [0.05, 0.1) is 24.1 Å². The van der Waals surface area contributed by atoms with Crippen molar-refractivity contribution in [2.45, 2.75) is 30.0 Å². The van der Waals surface area contributed by atoms with E-state index < -0.39 is 0 Å². The molecule has 4 rings (SSSR count). The van der Waals surface area contributed by atoms with Crippen LogP contribution in [-0.2, 0) is 11.3 Å². The van der Waals surface area contributed by atoms with Gasteiger partial charge in [0.25, 0.3) is 0 Å². The maximum atomic E-state index is 13.1. The minimum atomic E-state index is 0.144. The van der Waals surface area contributed by atoms with Gasteiger partial charge in [-0.15, -0.1) is 11.8 Å². The van der Waals surface area contributed by atoms with Gasteiger partial charge in [-0.1, -0.05) is 37.3 Å². The van der Waals surface area contributed by atoms with Crippen molar-refractivity contribution in [3.05, 3.63) is 72.6 Å². The highest BCUT2D eigenvalue weighted by Gasteiger charge is 2.24. The topological polar surface area (TPSA) is 41.4 Å². The number of aromatic nitrogens is 2. The molecule has 0 spiro atoms. The number of amides is 1. The summed E-state index contributed by atoms with van der Waals surface area (Å²) in [7, 11) is 1.98. The summed E-state index contributed by atoms with van der Waals surface area (Å²) in [4.78, 5) is 18.3. The predicted octanol–water partition coefficient (Wildman–Crippen LogP) is 4.22. The van der Waals surface area contributed by atoms with Crippen molar-refractivity contribution >= 4 is 23.4 Å². The monoisotopic (exact) mass is 406 g/mol. The third-order valence-corrected chi connectivity index (χ3v) is 6.30. The van der Waals surface area contributed by atoms with Gasteiger partial charge in [0.1, 0.15) is 0 Å². The van der Waals surface area contributed by atoms with E-state index in [9.17, 15) is 4.79 Å². The number of carbonyl (C=O) groups is 1. The van der Waals surface area contributed by atoms with Crippen LogP contribution in [0.25, 0.3) is 5.69 Å². The molecule has 3 aromatic rings. The zero-order valence-corrected chi connectivity index (χ0v) is 17.7. The molecule has 0 N–H and O–H groups in total. The van der Waals surface area contributed by atoms with E-state index in [-0.39, 0.29) is 5.91 Å². The lowest BCUT2D eigenvalue weighted by molar-refractivity contribution is -0.119. The number of fused-ring (bicyclic) bond motifs is 1. The van der Waals surface area contributed by atoms with E-state index in [0.29, 0.717) is 18.3 Å². The van der Waals surface area contributed by atoms with Crippen molar-refractivity contribution in [2.24, 2.45) is 0 Å². The maximum absolute atomic E-state index is 13.1. The van der Waals surface area contributed by atoms with Crippen LogP contribution < -0.4 is 4.90 Å². The normalized spacial score (nSPS) is 16.5. The van der Waals surface area contributed by atoms with Crippen molar-refractivity contribution in [2.75, 3.05) is 25.0 Å². The van der Waals surface area contributed by atoms with Crippen LogP contribution >= 0.6 is 11.8 Å². The number of thioether (sulfide) groups is 1. The van der Waals surface area contributed by atoms with E-state index >= 15 is 0 Å². The number of anilines is 1. The Bertz CT molecular complexity index is 972. The summed E-state index contributed by atoms with van der Waals surface area (Å²) < 4.78 is 1.87. The fourth-order valence-corrected chi connectivity index (χ4v) is 4.71. The van der Waals surface area contributed by atoms with Crippen LogP contribution in [-0.4, -0.2) is 46.0 Å². The van der Waals surface area contributed by atoms with Gasteiger partial charge in [0.15, 0.2) is 0 Å². The van der Waals surface area contributed by atoms with Crippen LogP contribution in [0.15, 0.2) is 71.9 Å². The fraction of sp³-hybridized carbons (Fsp3) is 0.304. The number of para-hydroxylation sites is 2. The number of nitrogens with zero attached hydrogens (tertiary/aromatic N) is 4. The molecular weight excluding hydrogens is 380 g/mol. The Morgan fingerprint density at radius 2 is 1.93 bits per heavy atom. The van der Waals surface area contributed by atoms with Crippen LogP contribution in [0, 0.1) is 0 Å². The lowest BCUT2D eigenvalue weighted by Crippen LogP contribution is -2.39. The lowest BCUT2D eigenvalue weighted by Gasteiger charge is -2.25. The van der Waals surface area contributed by atoms with E-state index in [1.54, 1.807) is 0 Å². The first-order valence-corrected chi connectivity index (χ1v) is 10.8. The largest absolute Gasteiger partial charge is 0.310 e. The summed E-state index contributed by atoms with van der Waals surface area (Å²) in [5.74, 6) is 0.144. The van der Waals surface area contributed by atoms with Crippen LogP contribution in [0.2, 0.25) is 0 Å². The molecule has 1 aliphatic heterocycles. The minimum Gasteiger partial charge on any atom is -0.310 e. The van der Waals surface area contributed by atoms with E-state index in [4.69, 9.17) is 0 Å². The second-order valence-electron chi connectivity index (χ2n) is 7.53. The SMILES string of the molecule is CC1CCN(C(=O)CN(C)Cc2cnn(-c3ccccc3)c2)c2ccccc2S1. The molecule has 0 saturated heterocycles. The second-order valence-corrected chi connectivity index (χ2v) is 9.01. The molecule has 2 aromatic carbocycles. The predicted molar refractivity (Wildman–Crippen MR) is 119 cm³/mol. The minimum absolute atomic E-state index is 0.144. The average Bonchev–Trinajstić information content (AvgIpc) is 3.10. The summed E-state index contributed by atoms with van der Waals surface area (Å²) in [5, 5.41) is 4.96. The average molecular weight is 407 g/mol. The number of likely N-dealkylation sites (N-methyl/N-ethyl adjacent to an activating group) is 1. The highest BCUT2D eigenvalue weighted by molar-refractivity contribution is 8.00. The summed E-state index contributed by atoms with van der Waals surface area (Å²) in [6, 6.07) is 18.3. The van der Waals surface area contributed by atoms with Gasteiger partial charge in [-0.2, -0.15) is 5.10 Å². The van der Waals surface area contributed by atoms with Crippen LogP contribution in [0.4, 0.5) is 5.69 Å². The molecule has 0 radical (unpaired) electrons. The molecular formula is C23H26N4OS. The van der Waals surface area contributed by atoms with Crippen molar-refractivity contribution in [1.29, 1.82) is 0 Å². The molecule has 1 unspecified atom stereocenters. The molecule has 0 bridgehead atoms. The second kappa shape index (κ2) is 8.84. The third-order valence-electron chi connectivity index (χ3n) is 5.06. The van der Waals surface area contributed by atoms with Crippen LogP contribution in [0.5, 0.6) is 0 Å². The van der Waals surface area contributed by atoms with E-state index in [1.807, 2.05) is 83.2 Å². The van der Waals surface area contributed by atoms with E-state index in [0.717, 1.165) is 29.9 Å². The van der Waals surface area contributed by atoms with Crippen LogP contribution in [0.3, 0.4) is 0 Å². The summed E-state index contributed by atoms with van der Waals surface area (Å²) in [6.45, 7) is 4.05. The fourth-order valence-electron chi connectivity index (χ4n) is 3.59. The molecule has 1 amide bonds. The summed E-state index contributed by atoms with van der Waals surface area (Å²) >= 11 is 1.86. The molecule has 5 nitrogen and oxygen atoms in total. The van der Waals surface area contributed by atoms with Crippen molar-refractivity contribution in [3.63, 3.8) is 0 Å². The van der Waals surface area contributed by atoms with Crippen molar-refractivity contribution in [1.82, 2.24) is 14.7 Å². The van der Waals surface area contributed by atoms with Gasteiger partial charge in [-0.25, -0.2) is 4.68 Å². The Labute approximate surface area is 176 Å². The zero-order valence-electron chi connectivity index (χ0n) is 16.9. The Kier molecular flexibility index (Phi) is 6.02. The number of benzene rings is 2. The molecule has 6 heteroatoms. The molecule has 150 valence electrons. The smallest absolute Gasteiger partial charge is 0.241 e. The molecule has 1 aromatic heterocycles.